The van der Waals surface area contributed by atoms with Gasteiger partial charge in [0.05, 0.1) is 0 Å². The van der Waals surface area contributed by atoms with E-state index < -0.39 is 0 Å². The summed E-state index contributed by atoms with van der Waals surface area (Å²) in [5.41, 5.74) is 1.27. The van der Waals surface area contributed by atoms with E-state index >= 15 is 0 Å². The van der Waals surface area contributed by atoms with Gasteiger partial charge in [0.2, 0.25) is 0 Å². The highest BCUT2D eigenvalue weighted by molar-refractivity contribution is 5.95. The molecule has 0 aliphatic carbocycles. The zero-order chi connectivity index (χ0) is 16.3. The molecule has 118 valence electrons. The molecule has 2 N–H and O–H groups in total. The van der Waals surface area contributed by atoms with E-state index in [0.29, 0.717) is 5.56 Å². The summed E-state index contributed by atoms with van der Waals surface area (Å²) >= 11 is 0. The van der Waals surface area contributed by atoms with Crippen LogP contribution in [0.25, 0.3) is 0 Å². The lowest BCUT2D eigenvalue weighted by molar-refractivity contribution is 0.0911. The van der Waals surface area contributed by atoms with Gasteiger partial charge in [-0.3, -0.25) is 4.79 Å². The van der Waals surface area contributed by atoms with Gasteiger partial charge in [0, 0.05) is 28.8 Å². The van der Waals surface area contributed by atoms with Crippen LogP contribution in [-0.4, -0.2) is 23.0 Å². The number of aromatic nitrogens is 1. The highest BCUT2D eigenvalue weighted by atomic mass is 16.1. The average molecular weight is 291 g/mol. The van der Waals surface area contributed by atoms with Gasteiger partial charge in [-0.05, 0) is 39.3 Å². The number of rotatable bonds is 5. The summed E-state index contributed by atoms with van der Waals surface area (Å²) in [5.74, 6) is 0.707. The average Bonchev–Trinajstić information content (AvgIpc) is 2.37. The fourth-order valence-corrected chi connectivity index (χ4v) is 1.79. The van der Waals surface area contributed by atoms with Crippen molar-refractivity contribution < 1.29 is 4.79 Å². The zero-order valence-electron chi connectivity index (χ0n) is 14.4. The third-order valence-electron chi connectivity index (χ3n) is 3.55. The van der Waals surface area contributed by atoms with Gasteiger partial charge in [-0.15, -0.1) is 0 Å². The second-order valence-electron chi connectivity index (χ2n) is 7.10. The number of carbonyl (C=O) groups is 1. The van der Waals surface area contributed by atoms with Gasteiger partial charge in [0.1, 0.15) is 5.82 Å². The van der Waals surface area contributed by atoms with Crippen LogP contribution in [0.4, 0.5) is 5.82 Å². The minimum atomic E-state index is -0.208. The van der Waals surface area contributed by atoms with Crippen molar-refractivity contribution in [1.29, 1.82) is 0 Å². The first kappa shape index (κ1) is 17.5. The first-order valence-corrected chi connectivity index (χ1v) is 7.68. The fraction of sp³-hybridized carbons (Fsp3) is 0.647. The van der Waals surface area contributed by atoms with Crippen molar-refractivity contribution >= 4 is 11.7 Å². The fourth-order valence-electron chi connectivity index (χ4n) is 1.79. The third-order valence-corrected chi connectivity index (χ3v) is 3.55. The molecule has 0 radical (unpaired) electrons. The van der Waals surface area contributed by atoms with Crippen LogP contribution < -0.4 is 10.6 Å². The Morgan fingerprint density at radius 1 is 1.14 bits per heavy atom. The molecule has 0 atom stereocenters. The van der Waals surface area contributed by atoms with Crippen molar-refractivity contribution in [1.82, 2.24) is 10.3 Å². The van der Waals surface area contributed by atoms with Crippen LogP contribution >= 0.6 is 0 Å². The molecular formula is C17H29N3O. The molecule has 0 aliphatic rings. The van der Waals surface area contributed by atoms with Crippen LogP contribution in [0.5, 0.6) is 0 Å². The molecule has 0 bridgehead atoms. The summed E-state index contributed by atoms with van der Waals surface area (Å²) in [6.07, 6.45) is 0.885. The topological polar surface area (TPSA) is 54.0 Å². The smallest absolute Gasteiger partial charge is 0.251 e. The maximum Gasteiger partial charge on any atom is 0.251 e. The van der Waals surface area contributed by atoms with Gasteiger partial charge in [-0.25, -0.2) is 4.98 Å². The lowest BCUT2D eigenvalue weighted by Crippen LogP contribution is -2.42. The van der Waals surface area contributed by atoms with E-state index in [1.165, 1.54) is 0 Å². The van der Waals surface area contributed by atoms with E-state index in [-0.39, 0.29) is 16.9 Å². The van der Waals surface area contributed by atoms with E-state index in [4.69, 9.17) is 0 Å². The van der Waals surface area contributed by atoms with E-state index in [2.05, 4.69) is 43.3 Å². The van der Waals surface area contributed by atoms with E-state index in [9.17, 15) is 4.79 Å². The van der Waals surface area contributed by atoms with Gasteiger partial charge < -0.3 is 10.6 Å². The Morgan fingerprint density at radius 3 is 2.24 bits per heavy atom. The molecule has 21 heavy (non-hydrogen) atoms. The summed E-state index contributed by atoms with van der Waals surface area (Å²) in [5, 5.41) is 6.28. The first-order valence-electron chi connectivity index (χ1n) is 7.68. The predicted molar refractivity (Wildman–Crippen MR) is 88.9 cm³/mol. The number of carbonyl (C=O) groups excluding carboxylic acids is 1. The molecule has 0 saturated carbocycles. The van der Waals surface area contributed by atoms with Gasteiger partial charge in [-0.1, -0.05) is 27.7 Å². The maximum atomic E-state index is 12.5. The number of nitrogens with one attached hydrogen (secondary N) is 2. The summed E-state index contributed by atoms with van der Waals surface area (Å²) in [4.78, 5) is 17.1. The quantitative estimate of drug-likeness (QED) is 0.869. The van der Waals surface area contributed by atoms with Gasteiger partial charge in [0.15, 0.2) is 0 Å². The largest absolute Gasteiger partial charge is 0.370 e. The van der Waals surface area contributed by atoms with E-state index in [0.717, 1.165) is 24.5 Å². The van der Waals surface area contributed by atoms with E-state index in [1.54, 1.807) is 0 Å². The predicted octanol–water partition coefficient (Wildman–Crippen LogP) is 3.73. The zero-order valence-corrected chi connectivity index (χ0v) is 14.4. The van der Waals surface area contributed by atoms with Crippen molar-refractivity contribution in [3.8, 4) is 0 Å². The Labute approximate surface area is 128 Å². The highest BCUT2D eigenvalue weighted by Crippen LogP contribution is 2.23. The Bertz CT molecular complexity index is 501. The first-order chi connectivity index (χ1) is 9.59. The SMILES string of the molecule is CCNc1cc(C(=O)NC(C)(C)CC)cc(C(C)(C)C)n1. The van der Waals surface area contributed by atoms with Crippen molar-refractivity contribution in [3.63, 3.8) is 0 Å². The molecule has 1 aromatic rings. The van der Waals surface area contributed by atoms with Crippen LogP contribution in [0, 0.1) is 0 Å². The molecule has 1 amide bonds. The molecule has 4 nitrogen and oxygen atoms in total. The molecule has 0 fully saturated rings. The van der Waals surface area contributed by atoms with Crippen molar-refractivity contribution in [2.75, 3.05) is 11.9 Å². The number of hydrogen-bond acceptors (Lipinski definition) is 3. The minimum Gasteiger partial charge on any atom is -0.370 e. The van der Waals surface area contributed by atoms with Crippen molar-refractivity contribution in [3.05, 3.63) is 23.4 Å². The van der Waals surface area contributed by atoms with Gasteiger partial charge in [-0.2, -0.15) is 0 Å². The summed E-state index contributed by atoms with van der Waals surface area (Å²) in [6, 6.07) is 3.71. The summed E-state index contributed by atoms with van der Waals surface area (Å²) in [6.45, 7) is 15.2. The summed E-state index contributed by atoms with van der Waals surface area (Å²) in [7, 11) is 0. The molecule has 0 unspecified atom stereocenters. The lowest BCUT2D eigenvalue weighted by Gasteiger charge is -2.25. The molecule has 0 aliphatic heterocycles. The highest BCUT2D eigenvalue weighted by Gasteiger charge is 2.22. The Morgan fingerprint density at radius 2 is 1.76 bits per heavy atom. The molecule has 4 heteroatoms. The number of nitrogens with zero attached hydrogens (tertiary/aromatic N) is 1. The molecule has 0 saturated heterocycles. The Kier molecular flexibility index (Phi) is 5.37. The molecule has 1 aromatic heterocycles. The Balaban J connectivity index is 3.16. The van der Waals surface area contributed by atoms with E-state index in [1.807, 2.05) is 32.9 Å². The molecule has 1 heterocycles. The molecule has 0 aromatic carbocycles. The second kappa shape index (κ2) is 6.46. The Hall–Kier alpha value is -1.58. The molecular weight excluding hydrogens is 262 g/mol. The molecule has 1 rings (SSSR count). The van der Waals surface area contributed by atoms with Crippen molar-refractivity contribution in [2.24, 2.45) is 0 Å². The van der Waals surface area contributed by atoms with Crippen LogP contribution in [0.2, 0.25) is 0 Å². The van der Waals surface area contributed by atoms with Gasteiger partial charge in [0.25, 0.3) is 5.91 Å². The van der Waals surface area contributed by atoms with Crippen LogP contribution in [-0.2, 0) is 5.41 Å². The summed E-state index contributed by atoms with van der Waals surface area (Å²) < 4.78 is 0. The second-order valence-corrected chi connectivity index (χ2v) is 7.10. The van der Waals surface area contributed by atoms with Crippen LogP contribution in [0.1, 0.15) is 70.9 Å². The number of hydrogen-bond donors (Lipinski definition) is 2. The van der Waals surface area contributed by atoms with Crippen molar-refractivity contribution in [2.45, 2.75) is 65.8 Å². The molecule has 0 spiro atoms. The standard InChI is InChI=1S/C17H29N3O/c1-8-17(6,7)20-15(21)12-10-13(16(3,4)5)19-14(11-12)18-9-2/h10-11H,8-9H2,1-7H3,(H,18,19)(H,20,21). The number of amides is 1. The van der Waals surface area contributed by atoms with Gasteiger partial charge >= 0.3 is 0 Å². The number of anilines is 1. The lowest BCUT2D eigenvalue weighted by atomic mass is 9.90. The monoisotopic (exact) mass is 291 g/mol. The van der Waals surface area contributed by atoms with Crippen LogP contribution in [0.3, 0.4) is 0 Å². The van der Waals surface area contributed by atoms with Crippen LogP contribution in [0.15, 0.2) is 12.1 Å². The normalized spacial score (nSPS) is 12.1. The minimum absolute atomic E-state index is 0.0473. The maximum absolute atomic E-state index is 12.5. The third kappa shape index (κ3) is 5.03. The number of pyridine rings is 1.